The molecule has 0 bridgehead atoms. The van der Waals surface area contributed by atoms with Gasteiger partial charge in [-0.05, 0) is 10.4 Å². The third-order valence-electron chi connectivity index (χ3n) is 0.947. The summed E-state index contributed by atoms with van der Waals surface area (Å²) in [6, 6.07) is 0. The molecule has 0 saturated carbocycles. The Hall–Kier alpha value is 0.361. The second-order valence-electron chi connectivity index (χ2n) is 1.64. The maximum absolute atomic E-state index is 8.43. The zero-order valence-corrected chi connectivity index (χ0v) is 5.23. The Balaban J connectivity index is 0.000001000. The van der Waals surface area contributed by atoms with E-state index in [9.17, 15) is 0 Å². The van der Waals surface area contributed by atoms with Crippen molar-refractivity contribution >= 4 is 54.8 Å². The third kappa shape index (κ3) is 3.51. The molecule has 1 heterocycles. The number of H-pyrrole nitrogens is 1. The number of nitrogens with one attached hydrogen (secondary N) is 1. The number of aromatic nitrogens is 4. The predicted molar refractivity (Wildman–Crippen MR) is 41.3 cm³/mol. The molecule has 0 amide bonds. The molecule has 60 valence electrons. The Labute approximate surface area is 103 Å². The van der Waals surface area contributed by atoms with Gasteiger partial charge in [-0.1, -0.05) is 5.10 Å². The van der Waals surface area contributed by atoms with Crippen LogP contribution in [0.25, 0.3) is 0 Å². The molecule has 0 unspecified atom stereocenters. The molecule has 4 N–H and O–H groups in total. The summed E-state index contributed by atoms with van der Waals surface area (Å²) in [6.45, 7) is 0.272. The van der Waals surface area contributed by atoms with Crippen molar-refractivity contribution in [2.75, 3.05) is 18.2 Å². The average molecular weight is 283 g/mol. The van der Waals surface area contributed by atoms with Crippen LogP contribution in [0.5, 0.6) is 0 Å². The van der Waals surface area contributed by atoms with Gasteiger partial charge in [0.2, 0.25) is 0 Å². The van der Waals surface area contributed by atoms with Crippen molar-refractivity contribution in [2.45, 2.75) is 0 Å². The fourth-order valence-electron chi connectivity index (χ4n) is 0.489. The summed E-state index contributed by atoms with van der Waals surface area (Å²) in [5.74, 6) is 5.69. The van der Waals surface area contributed by atoms with Crippen LogP contribution in [0.2, 0.25) is 0 Å². The zero-order chi connectivity index (χ0) is 7.40. The first-order valence-electron chi connectivity index (χ1n) is 2.71. The van der Waals surface area contributed by atoms with E-state index in [0.29, 0.717) is 12.5 Å². The van der Waals surface area contributed by atoms with E-state index < -0.39 is 0 Å². The van der Waals surface area contributed by atoms with Crippen molar-refractivity contribution in [2.24, 2.45) is 5.84 Å². The number of hydrazine groups is 1. The fraction of sp³-hybridized carbons (Fsp3) is 0.667. The average Bonchev–Trinajstić information content (AvgIpc) is 2.38. The van der Waals surface area contributed by atoms with E-state index in [4.69, 9.17) is 10.9 Å². The molecule has 0 aliphatic carbocycles. The minimum absolute atomic E-state index is 0. The van der Waals surface area contributed by atoms with Crippen molar-refractivity contribution in [3.8, 4) is 0 Å². The minimum atomic E-state index is -0.0306. The Bertz CT molecular complexity index is 178. The van der Waals surface area contributed by atoms with Crippen molar-refractivity contribution in [1.82, 2.24) is 20.6 Å². The molecule has 7 nitrogen and oxygen atoms in total. The summed E-state index contributed by atoms with van der Waals surface area (Å²) in [5.41, 5.74) is 0. The molecule has 8 heteroatoms. The number of aliphatic hydroxyl groups excluding tert-OH is 1. The van der Waals surface area contributed by atoms with Crippen molar-refractivity contribution in [3.05, 3.63) is 0 Å². The van der Waals surface area contributed by atoms with E-state index in [1.807, 2.05) is 0 Å². The number of rotatable bonds is 3. The molecule has 0 radical (unpaired) electrons. The normalized spacial score (nSPS) is 8.91. The molecule has 1 rings (SSSR count). The molecule has 0 atom stereocenters. The van der Waals surface area contributed by atoms with Gasteiger partial charge in [-0.3, -0.25) is 5.01 Å². The van der Waals surface area contributed by atoms with Gasteiger partial charge in [-0.25, -0.2) is 10.9 Å². The summed E-state index contributed by atoms with van der Waals surface area (Å²) in [4.78, 5) is 0. The number of aromatic amines is 1. The number of hydrogen-bond acceptors (Lipinski definition) is 6. The van der Waals surface area contributed by atoms with E-state index in [2.05, 4.69) is 20.6 Å². The Morgan fingerprint density at radius 1 is 1.64 bits per heavy atom. The van der Waals surface area contributed by atoms with Crippen LogP contribution in [-0.2, 0) is 0 Å². The summed E-state index contributed by atoms with van der Waals surface area (Å²) < 4.78 is 0. The molecule has 1 aromatic heterocycles. The molecule has 0 spiro atoms. The monoisotopic (exact) mass is 284 g/mol. The van der Waals surface area contributed by atoms with Gasteiger partial charge in [0.1, 0.15) is 0 Å². The Morgan fingerprint density at radius 3 is 2.82 bits per heavy atom. The second kappa shape index (κ2) is 5.94. The van der Waals surface area contributed by atoms with E-state index in [-0.39, 0.29) is 55.5 Å². The number of tetrazole rings is 1. The van der Waals surface area contributed by atoms with E-state index in [1.165, 1.54) is 5.01 Å². The maximum atomic E-state index is 8.43. The van der Waals surface area contributed by atoms with Gasteiger partial charge in [-0.15, -0.1) is 0 Å². The molecule has 1 aromatic rings. The second-order valence-corrected chi connectivity index (χ2v) is 1.64. The summed E-state index contributed by atoms with van der Waals surface area (Å²) >= 11 is 0. The van der Waals surface area contributed by atoms with Gasteiger partial charge in [0.25, 0.3) is 5.95 Å². The molecule has 0 aromatic carbocycles. The molecular weight excluding hydrogens is 273 g/mol. The van der Waals surface area contributed by atoms with Crippen molar-refractivity contribution in [1.29, 1.82) is 0 Å². The number of anilines is 1. The quantitative estimate of drug-likeness (QED) is 0.309. The van der Waals surface area contributed by atoms with Crippen LogP contribution in [0.15, 0.2) is 0 Å². The van der Waals surface area contributed by atoms with Crippen LogP contribution >= 0.6 is 0 Å². The van der Waals surface area contributed by atoms with Gasteiger partial charge in [-0.2, -0.15) is 0 Å². The fourth-order valence-corrected chi connectivity index (χ4v) is 0.489. The summed E-state index contributed by atoms with van der Waals surface area (Å²) in [6.07, 6.45) is 0. The van der Waals surface area contributed by atoms with Crippen LogP contribution in [0.3, 0.4) is 0 Å². The van der Waals surface area contributed by atoms with Gasteiger partial charge in [0, 0.05) is 0 Å². The van der Waals surface area contributed by atoms with Gasteiger partial charge >= 0.3 is 48.9 Å². The first-order valence-corrected chi connectivity index (χ1v) is 2.71. The topological polar surface area (TPSA) is 104 Å². The first kappa shape index (κ1) is 11.4. The molecule has 0 fully saturated rings. The Morgan fingerprint density at radius 2 is 2.36 bits per heavy atom. The zero-order valence-electron chi connectivity index (χ0n) is 5.23. The van der Waals surface area contributed by atoms with Crippen LogP contribution in [0, 0.1) is 0 Å². The van der Waals surface area contributed by atoms with Crippen molar-refractivity contribution in [3.63, 3.8) is 0 Å². The van der Waals surface area contributed by atoms with E-state index in [0.717, 1.165) is 0 Å². The third-order valence-corrected chi connectivity index (χ3v) is 0.947. The van der Waals surface area contributed by atoms with Crippen molar-refractivity contribution < 1.29 is 5.11 Å². The first-order chi connectivity index (χ1) is 4.84. The molecule has 0 saturated heterocycles. The molecular formula is C3H10BaN6O. The van der Waals surface area contributed by atoms with Gasteiger partial charge in [0.05, 0.1) is 13.2 Å². The number of nitrogens with two attached hydrogens (primary N) is 1. The molecule has 11 heavy (non-hydrogen) atoms. The molecule has 0 aliphatic rings. The number of hydrogen-bond donors (Lipinski definition) is 3. The van der Waals surface area contributed by atoms with E-state index >= 15 is 0 Å². The summed E-state index contributed by atoms with van der Waals surface area (Å²) in [7, 11) is 0. The molecule has 0 aliphatic heterocycles. The summed E-state index contributed by atoms with van der Waals surface area (Å²) in [5, 5.41) is 22.2. The van der Waals surface area contributed by atoms with Crippen LogP contribution in [0.4, 0.5) is 5.95 Å². The standard InChI is InChI=1S/C3H8N6O.Ba.2H/c4-9(1-2-10)3-5-7-8-6-3;;;/h10H,1-2,4H2,(H,5,6,7,8);;;. The van der Waals surface area contributed by atoms with Crippen LogP contribution in [-0.4, -0.2) is 87.8 Å². The number of aliphatic hydroxyl groups is 1. The van der Waals surface area contributed by atoms with Gasteiger partial charge < -0.3 is 5.11 Å². The van der Waals surface area contributed by atoms with Gasteiger partial charge in [0.15, 0.2) is 0 Å². The predicted octanol–water partition coefficient (Wildman–Crippen LogP) is -3.04. The van der Waals surface area contributed by atoms with Crippen LogP contribution < -0.4 is 10.9 Å². The SMILES string of the molecule is NN(CCO)c1nnn[nH]1.[BaH2]. The van der Waals surface area contributed by atoms with Crippen LogP contribution in [0.1, 0.15) is 0 Å². The Kier molecular flexibility index (Phi) is 6.14. The van der Waals surface area contributed by atoms with E-state index in [1.54, 1.807) is 0 Å². The number of nitrogens with zero attached hydrogens (tertiary/aromatic N) is 4.